The van der Waals surface area contributed by atoms with Crippen molar-refractivity contribution in [2.24, 2.45) is 5.92 Å². The average Bonchev–Trinajstić information content (AvgIpc) is 2.16. The Morgan fingerprint density at radius 2 is 1.93 bits per heavy atom. The molecular weight excluding hydrogens is 172 g/mol. The lowest BCUT2D eigenvalue weighted by Gasteiger charge is -2.09. The van der Waals surface area contributed by atoms with E-state index in [4.69, 9.17) is 0 Å². The highest BCUT2D eigenvalue weighted by Gasteiger charge is 2.04. The molecule has 0 unspecified atom stereocenters. The van der Waals surface area contributed by atoms with Crippen molar-refractivity contribution in [3.63, 3.8) is 0 Å². The van der Waals surface area contributed by atoms with Gasteiger partial charge in [-0.2, -0.15) is 0 Å². The number of Topliss-reactive ketones (excluding diaryl/α,β-unsaturated/α-hetero) is 1. The Morgan fingerprint density at radius 3 is 2.50 bits per heavy atom. The highest BCUT2D eigenvalue weighted by Crippen LogP contribution is 2.13. The highest BCUT2D eigenvalue weighted by molar-refractivity contribution is 5.75. The molecule has 0 saturated heterocycles. The molecule has 0 saturated carbocycles. The summed E-state index contributed by atoms with van der Waals surface area (Å²) in [5, 5.41) is 0. The molecule has 1 aromatic rings. The Bertz CT molecular complexity index is 277. The molecule has 0 aliphatic carbocycles. The van der Waals surface area contributed by atoms with Gasteiger partial charge in [-0.15, -0.1) is 0 Å². The number of benzene rings is 1. The molecule has 0 amide bonds. The van der Waals surface area contributed by atoms with Gasteiger partial charge in [0.15, 0.2) is 0 Å². The van der Waals surface area contributed by atoms with Gasteiger partial charge in [-0.1, -0.05) is 37.3 Å². The van der Waals surface area contributed by atoms with Crippen molar-refractivity contribution in [3.8, 4) is 0 Å². The Hall–Kier alpha value is -1.11. The van der Waals surface area contributed by atoms with Crippen molar-refractivity contribution in [1.29, 1.82) is 0 Å². The summed E-state index contributed by atoms with van der Waals surface area (Å²) in [6.45, 7) is 3.87. The molecule has 76 valence electrons. The van der Waals surface area contributed by atoms with Gasteiger partial charge in [0.1, 0.15) is 5.78 Å². The minimum absolute atomic E-state index is 0.296. The summed E-state index contributed by atoms with van der Waals surface area (Å²) in [5.41, 5.74) is 1.36. The fraction of sp³-hybridized carbons (Fsp3) is 0.462. The van der Waals surface area contributed by atoms with Gasteiger partial charge in [-0.3, -0.25) is 0 Å². The maximum Gasteiger partial charge on any atom is 0.129 e. The third kappa shape index (κ3) is 4.22. The number of ketones is 1. The molecule has 0 aromatic heterocycles. The standard InChI is InChI=1S/C13H18O/c1-11(8-9-12(2)14)10-13-6-4-3-5-7-13/h3-7,11H,8-10H2,1-2H3/t11-/m0/s1. The minimum Gasteiger partial charge on any atom is -0.300 e. The predicted octanol–water partition coefficient (Wildman–Crippen LogP) is 3.23. The first-order valence-electron chi connectivity index (χ1n) is 5.22. The molecule has 0 aliphatic rings. The second kappa shape index (κ2) is 5.58. The summed E-state index contributed by atoms with van der Waals surface area (Å²) < 4.78 is 0. The monoisotopic (exact) mass is 190 g/mol. The smallest absolute Gasteiger partial charge is 0.129 e. The summed E-state index contributed by atoms with van der Waals surface area (Å²) >= 11 is 0. The van der Waals surface area contributed by atoms with E-state index in [0.29, 0.717) is 18.1 Å². The van der Waals surface area contributed by atoms with E-state index >= 15 is 0 Å². The van der Waals surface area contributed by atoms with E-state index in [-0.39, 0.29) is 0 Å². The first kappa shape index (κ1) is 11.0. The Labute approximate surface area is 86.1 Å². The van der Waals surface area contributed by atoms with Crippen LogP contribution in [0.2, 0.25) is 0 Å². The molecular formula is C13H18O. The van der Waals surface area contributed by atoms with Crippen LogP contribution in [0.25, 0.3) is 0 Å². The van der Waals surface area contributed by atoms with Crippen molar-refractivity contribution < 1.29 is 4.79 Å². The van der Waals surface area contributed by atoms with Crippen LogP contribution in [0.5, 0.6) is 0 Å². The van der Waals surface area contributed by atoms with E-state index in [1.807, 2.05) is 6.07 Å². The quantitative estimate of drug-likeness (QED) is 0.696. The van der Waals surface area contributed by atoms with Crippen LogP contribution in [-0.4, -0.2) is 5.78 Å². The van der Waals surface area contributed by atoms with E-state index in [2.05, 4.69) is 31.2 Å². The molecule has 1 aromatic carbocycles. The van der Waals surface area contributed by atoms with Gasteiger partial charge in [0, 0.05) is 6.42 Å². The van der Waals surface area contributed by atoms with Gasteiger partial charge in [0.2, 0.25) is 0 Å². The van der Waals surface area contributed by atoms with Gasteiger partial charge >= 0.3 is 0 Å². The molecule has 0 bridgehead atoms. The second-order valence-electron chi connectivity index (χ2n) is 4.04. The summed E-state index contributed by atoms with van der Waals surface area (Å²) in [5.74, 6) is 0.895. The lowest BCUT2D eigenvalue weighted by molar-refractivity contribution is -0.117. The van der Waals surface area contributed by atoms with Crippen LogP contribution in [0.1, 0.15) is 32.3 Å². The average molecular weight is 190 g/mol. The van der Waals surface area contributed by atoms with E-state index in [1.54, 1.807) is 6.92 Å². The van der Waals surface area contributed by atoms with Crippen molar-refractivity contribution in [1.82, 2.24) is 0 Å². The molecule has 0 heterocycles. The zero-order valence-electron chi connectivity index (χ0n) is 8.99. The lowest BCUT2D eigenvalue weighted by Crippen LogP contribution is -2.02. The fourth-order valence-electron chi connectivity index (χ4n) is 1.57. The molecule has 14 heavy (non-hydrogen) atoms. The molecule has 0 radical (unpaired) electrons. The molecule has 1 atom stereocenters. The van der Waals surface area contributed by atoms with Crippen molar-refractivity contribution in [3.05, 3.63) is 35.9 Å². The Morgan fingerprint density at radius 1 is 1.29 bits per heavy atom. The Balaban J connectivity index is 2.34. The van der Waals surface area contributed by atoms with E-state index in [9.17, 15) is 4.79 Å². The lowest BCUT2D eigenvalue weighted by atomic mass is 9.96. The van der Waals surface area contributed by atoms with Crippen LogP contribution in [0.15, 0.2) is 30.3 Å². The zero-order chi connectivity index (χ0) is 10.4. The van der Waals surface area contributed by atoms with Gasteiger partial charge in [0.05, 0.1) is 0 Å². The largest absolute Gasteiger partial charge is 0.300 e. The second-order valence-corrected chi connectivity index (χ2v) is 4.04. The summed E-state index contributed by atoms with van der Waals surface area (Å²) in [4.78, 5) is 10.8. The van der Waals surface area contributed by atoms with Crippen molar-refractivity contribution >= 4 is 5.78 Å². The van der Waals surface area contributed by atoms with Crippen LogP contribution in [0.4, 0.5) is 0 Å². The molecule has 0 N–H and O–H groups in total. The van der Waals surface area contributed by atoms with Crippen LogP contribution < -0.4 is 0 Å². The first-order chi connectivity index (χ1) is 6.68. The number of hydrogen-bond acceptors (Lipinski definition) is 1. The Kier molecular flexibility index (Phi) is 4.37. The van der Waals surface area contributed by atoms with Crippen LogP contribution in [0.3, 0.4) is 0 Å². The van der Waals surface area contributed by atoms with Gasteiger partial charge in [0.25, 0.3) is 0 Å². The maximum atomic E-state index is 10.8. The van der Waals surface area contributed by atoms with Gasteiger partial charge in [-0.05, 0) is 31.2 Å². The first-order valence-corrected chi connectivity index (χ1v) is 5.22. The molecule has 0 spiro atoms. The van der Waals surface area contributed by atoms with Crippen molar-refractivity contribution in [2.75, 3.05) is 0 Å². The fourth-order valence-corrected chi connectivity index (χ4v) is 1.57. The summed E-state index contributed by atoms with van der Waals surface area (Å²) in [6, 6.07) is 10.4. The number of rotatable bonds is 5. The summed E-state index contributed by atoms with van der Waals surface area (Å²) in [6.07, 6.45) is 2.80. The zero-order valence-corrected chi connectivity index (χ0v) is 8.99. The van der Waals surface area contributed by atoms with Crippen LogP contribution in [-0.2, 0) is 11.2 Å². The molecule has 0 fully saturated rings. The number of carbonyl (C=O) groups excluding carboxylic acids is 1. The van der Waals surface area contributed by atoms with Gasteiger partial charge < -0.3 is 4.79 Å². The molecule has 1 rings (SSSR count). The summed E-state index contributed by atoms with van der Waals surface area (Å²) in [7, 11) is 0. The maximum absolute atomic E-state index is 10.8. The van der Waals surface area contributed by atoms with E-state index in [1.165, 1.54) is 5.56 Å². The molecule has 1 nitrogen and oxygen atoms in total. The van der Waals surface area contributed by atoms with Crippen LogP contribution in [0, 0.1) is 5.92 Å². The topological polar surface area (TPSA) is 17.1 Å². The third-order valence-electron chi connectivity index (χ3n) is 2.42. The normalized spacial score (nSPS) is 12.4. The number of carbonyl (C=O) groups is 1. The SMILES string of the molecule is CC(=O)CC[C@H](C)Cc1ccccc1. The minimum atomic E-state index is 0.296. The van der Waals surface area contributed by atoms with Crippen LogP contribution >= 0.6 is 0 Å². The van der Waals surface area contributed by atoms with E-state index in [0.717, 1.165) is 12.8 Å². The van der Waals surface area contributed by atoms with Gasteiger partial charge in [-0.25, -0.2) is 0 Å². The van der Waals surface area contributed by atoms with E-state index < -0.39 is 0 Å². The van der Waals surface area contributed by atoms with Crippen molar-refractivity contribution in [2.45, 2.75) is 33.1 Å². The third-order valence-corrected chi connectivity index (χ3v) is 2.42. The predicted molar refractivity (Wildman–Crippen MR) is 59.2 cm³/mol. The highest BCUT2D eigenvalue weighted by atomic mass is 16.1. The number of hydrogen-bond donors (Lipinski definition) is 0. The molecule has 0 aliphatic heterocycles. The molecule has 1 heteroatoms.